The first-order chi connectivity index (χ1) is 7.78. The van der Waals surface area contributed by atoms with Gasteiger partial charge in [0.1, 0.15) is 15.7 Å². The van der Waals surface area contributed by atoms with Crippen LogP contribution in [0.4, 0.5) is 4.39 Å². The van der Waals surface area contributed by atoms with Crippen molar-refractivity contribution >= 4 is 9.84 Å². The van der Waals surface area contributed by atoms with Gasteiger partial charge in [0.15, 0.2) is 0 Å². The lowest BCUT2D eigenvalue weighted by atomic mass is 10.1. The molecule has 1 aromatic carbocycles. The molecule has 0 spiro atoms. The summed E-state index contributed by atoms with van der Waals surface area (Å²) in [5, 5.41) is 3.11. The van der Waals surface area contributed by atoms with Crippen LogP contribution >= 0.6 is 0 Å². The first-order valence-electron chi connectivity index (χ1n) is 5.44. The topological polar surface area (TPSA) is 46.2 Å². The van der Waals surface area contributed by atoms with Gasteiger partial charge < -0.3 is 5.32 Å². The quantitative estimate of drug-likeness (QED) is 0.874. The minimum Gasteiger partial charge on any atom is -0.309 e. The Kier molecular flexibility index (Phi) is 4.65. The van der Waals surface area contributed by atoms with Crippen LogP contribution in [0.25, 0.3) is 0 Å². The van der Waals surface area contributed by atoms with Crippen LogP contribution in [0.5, 0.6) is 0 Å². The normalized spacial score (nSPS) is 13.6. The summed E-state index contributed by atoms with van der Waals surface area (Å²) >= 11 is 0. The van der Waals surface area contributed by atoms with Crippen molar-refractivity contribution in [2.75, 3.05) is 12.0 Å². The summed E-state index contributed by atoms with van der Waals surface area (Å²) in [6.45, 7) is 4.20. The van der Waals surface area contributed by atoms with E-state index in [9.17, 15) is 12.8 Å². The second-order valence-electron chi connectivity index (χ2n) is 4.45. The van der Waals surface area contributed by atoms with Gasteiger partial charge in [0, 0.05) is 18.8 Å². The fraction of sp³-hybridized carbons (Fsp3) is 0.500. The molecule has 0 aliphatic heterocycles. The van der Waals surface area contributed by atoms with Gasteiger partial charge in [0.25, 0.3) is 0 Å². The van der Waals surface area contributed by atoms with Gasteiger partial charge in [-0.15, -0.1) is 0 Å². The molecule has 0 heterocycles. The van der Waals surface area contributed by atoms with E-state index in [1.807, 2.05) is 13.8 Å². The number of rotatable bonds is 5. The van der Waals surface area contributed by atoms with Crippen LogP contribution in [-0.4, -0.2) is 26.5 Å². The molecule has 5 heteroatoms. The molecule has 0 aromatic heterocycles. The molecule has 1 N–H and O–H groups in total. The lowest BCUT2D eigenvalue weighted by molar-refractivity contribution is 0.558. The Labute approximate surface area is 102 Å². The van der Waals surface area contributed by atoms with Crippen molar-refractivity contribution in [2.45, 2.75) is 26.4 Å². The van der Waals surface area contributed by atoms with Crippen molar-refractivity contribution in [1.29, 1.82) is 0 Å². The lowest BCUT2D eigenvalue weighted by Gasteiger charge is -2.14. The Bertz CT molecular complexity index is 485. The van der Waals surface area contributed by atoms with E-state index < -0.39 is 9.84 Å². The minimum atomic E-state index is -2.97. The van der Waals surface area contributed by atoms with E-state index in [1.54, 1.807) is 6.07 Å². The van der Waals surface area contributed by atoms with Crippen molar-refractivity contribution in [2.24, 2.45) is 0 Å². The summed E-state index contributed by atoms with van der Waals surface area (Å²) in [7, 11) is -2.97. The Morgan fingerprint density at radius 3 is 2.59 bits per heavy atom. The van der Waals surface area contributed by atoms with Crippen molar-refractivity contribution in [3.63, 3.8) is 0 Å². The van der Waals surface area contributed by atoms with E-state index in [2.05, 4.69) is 5.32 Å². The molecule has 1 rings (SSSR count). The Hall–Kier alpha value is -0.940. The highest BCUT2D eigenvalue weighted by Crippen LogP contribution is 2.10. The van der Waals surface area contributed by atoms with E-state index in [4.69, 9.17) is 0 Å². The van der Waals surface area contributed by atoms with Gasteiger partial charge in [0.05, 0.1) is 5.75 Å². The highest BCUT2D eigenvalue weighted by Gasteiger charge is 2.10. The molecule has 0 bridgehead atoms. The highest BCUT2D eigenvalue weighted by molar-refractivity contribution is 7.90. The standard InChI is InChI=1S/C12H18FNO2S/c1-9-6-12(13)5-4-11(9)7-14-10(2)8-17(3,15)16/h4-6,10,14H,7-8H2,1-3H3. The van der Waals surface area contributed by atoms with Gasteiger partial charge in [-0.05, 0) is 37.1 Å². The van der Waals surface area contributed by atoms with Gasteiger partial charge in [-0.25, -0.2) is 12.8 Å². The summed E-state index contributed by atoms with van der Waals surface area (Å²) < 4.78 is 35.0. The Morgan fingerprint density at radius 1 is 1.41 bits per heavy atom. The van der Waals surface area contributed by atoms with E-state index in [1.165, 1.54) is 18.4 Å². The van der Waals surface area contributed by atoms with Crippen molar-refractivity contribution < 1.29 is 12.8 Å². The van der Waals surface area contributed by atoms with Crippen LogP contribution in [0.15, 0.2) is 18.2 Å². The van der Waals surface area contributed by atoms with Crippen molar-refractivity contribution in [3.05, 3.63) is 35.1 Å². The number of sulfone groups is 1. The van der Waals surface area contributed by atoms with Crippen molar-refractivity contribution in [1.82, 2.24) is 5.32 Å². The third-order valence-electron chi connectivity index (χ3n) is 2.50. The molecule has 0 aliphatic rings. The molecule has 0 saturated carbocycles. The van der Waals surface area contributed by atoms with Crippen LogP contribution in [0.2, 0.25) is 0 Å². The average Bonchev–Trinajstić information content (AvgIpc) is 2.13. The van der Waals surface area contributed by atoms with E-state index in [0.29, 0.717) is 6.54 Å². The number of benzene rings is 1. The number of halogens is 1. The molecule has 0 amide bonds. The third kappa shape index (κ3) is 5.28. The maximum absolute atomic E-state index is 12.9. The monoisotopic (exact) mass is 259 g/mol. The van der Waals surface area contributed by atoms with Gasteiger partial charge in [-0.3, -0.25) is 0 Å². The third-order valence-corrected chi connectivity index (χ3v) is 3.60. The smallest absolute Gasteiger partial charge is 0.148 e. The SMILES string of the molecule is Cc1cc(F)ccc1CNC(C)CS(C)(=O)=O. The Morgan fingerprint density at radius 2 is 2.06 bits per heavy atom. The zero-order chi connectivity index (χ0) is 13.1. The number of aryl methyl sites for hydroxylation is 1. The van der Waals surface area contributed by atoms with Crippen LogP contribution in [0.3, 0.4) is 0 Å². The van der Waals surface area contributed by atoms with Gasteiger partial charge in [0.2, 0.25) is 0 Å². The predicted molar refractivity (Wildman–Crippen MR) is 67.1 cm³/mol. The van der Waals surface area contributed by atoms with Gasteiger partial charge in [-0.1, -0.05) is 6.07 Å². The zero-order valence-corrected chi connectivity index (χ0v) is 11.1. The number of hydrogen-bond donors (Lipinski definition) is 1. The molecule has 1 atom stereocenters. The summed E-state index contributed by atoms with van der Waals surface area (Å²) in [5.41, 5.74) is 1.84. The van der Waals surface area contributed by atoms with Crippen LogP contribution in [-0.2, 0) is 16.4 Å². The maximum atomic E-state index is 12.9. The van der Waals surface area contributed by atoms with Gasteiger partial charge >= 0.3 is 0 Å². The second-order valence-corrected chi connectivity index (χ2v) is 6.63. The lowest BCUT2D eigenvalue weighted by Crippen LogP contribution is -2.32. The van der Waals surface area contributed by atoms with E-state index in [-0.39, 0.29) is 17.6 Å². The molecule has 0 aliphatic carbocycles. The molecular weight excluding hydrogens is 241 g/mol. The first-order valence-corrected chi connectivity index (χ1v) is 7.50. The first kappa shape index (κ1) is 14.1. The molecule has 0 radical (unpaired) electrons. The summed E-state index contributed by atoms with van der Waals surface area (Å²) in [4.78, 5) is 0. The molecular formula is C12H18FNO2S. The molecule has 96 valence electrons. The molecule has 1 aromatic rings. The van der Waals surface area contributed by atoms with Crippen LogP contribution in [0.1, 0.15) is 18.1 Å². The largest absolute Gasteiger partial charge is 0.309 e. The summed E-state index contributed by atoms with van der Waals surface area (Å²) in [6, 6.07) is 4.48. The van der Waals surface area contributed by atoms with E-state index in [0.717, 1.165) is 11.1 Å². The number of hydrogen-bond acceptors (Lipinski definition) is 3. The molecule has 1 unspecified atom stereocenters. The average molecular weight is 259 g/mol. The number of nitrogens with one attached hydrogen (secondary N) is 1. The predicted octanol–water partition coefficient (Wildman–Crippen LogP) is 1.66. The molecule has 17 heavy (non-hydrogen) atoms. The zero-order valence-electron chi connectivity index (χ0n) is 10.3. The summed E-state index contributed by atoms with van der Waals surface area (Å²) in [5.74, 6) is -0.150. The van der Waals surface area contributed by atoms with Gasteiger partial charge in [-0.2, -0.15) is 0 Å². The minimum absolute atomic E-state index is 0.104. The van der Waals surface area contributed by atoms with Crippen LogP contribution in [0, 0.1) is 12.7 Å². The fourth-order valence-corrected chi connectivity index (χ4v) is 2.68. The van der Waals surface area contributed by atoms with E-state index >= 15 is 0 Å². The second kappa shape index (κ2) is 5.60. The molecule has 0 saturated heterocycles. The van der Waals surface area contributed by atoms with Crippen LogP contribution < -0.4 is 5.32 Å². The fourth-order valence-electron chi connectivity index (χ4n) is 1.65. The molecule has 3 nitrogen and oxygen atoms in total. The maximum Gasteiger partial charge on any atom is 0.148 e. The Balaban J connectivity index is 2.56. The highest BCUT2D eigenvalue weighted by atomic mass is 32.2. The summed E-state index contributed by atoms with van der Waals surface area (Å²) in [6.07, 6.45) is 1.22. The molecule has 0 fully saturated rings. The van der Waals surface area contributed by atoms with Crippen molar-refractivity contribution in [3.8, 4) is 0 Å².